The lowest BCUT2D eigenvalue weighted by atomic mass is 10.3. The Morgan fingerprint density at radius 1 is 1.70 bits per heavy atom. The molecule has 0 saturated heterocycles. The van der Waals surface area contributed by atoms with Crippen molar-refractivity contribution in [1.82, 2.24) is 0 Å². The summed E-state index contributed by atoms with van der Waals surface area (Å²) in [5, 5.41) is 8.32. The summed E-state index contributed by atoms with van der Waals surface area (Å²) in [5.74, 6) is 0.385. The van der Waals surface area contributed by atoms with Crippen LogP contribution < -0.4 is 0 Å². The van der Waals surface area contributed by atoms with E-state index in [4.69, 9.17) is 9.52 Å². The first-order valence-corrected chi connectivity index (χ1v) is 2.95. The van der Waals surface area contributed by atoms with Gasteiger partial charge in [0.1, 0.15) is 17.9 Å². The Bertz CT molecular complexity index is 237. The van der Waals surface area contributed by atoms with Crippen molar-refractivity contribution in [3.05, 3.63) is 23.7 Å². The minimum absolute atomic E-state index is 0.0339. The van der Waals surface area contributed by atoms with E-state index in [1.807, 2.05) is 0 Å². The number of aliphatic carboxylic acids is 1. The van der Waals surface area contributed by atoms with Crippen LogP contribution in [0.25, 0.3) is 0 Å². The van der Waals surface area contributed by atoms with Gasteiger partial charge in [-0.3, -0.25) is 4.79 Å². The molecule has 0 radical (unpaired) electrons. The van der Waals surface area contributed by atoms with Gasteiger partial charge in [0.15, 0.2) is 0 Å². The van der Waals surface area contributed by atoms with Crippen LogP contribution in [0.4, 0.5) is 0 Å². The lowest BCUT2D eigenvalue weighted by Crippen LogP contribution is -1.97. The summed E-state index contributed by atoms with van der Waals surface area (Å²) in [5.41, 5.74) is 0. The highest BCUT2D eigenvalue weighted by Crippen LogP contribution is 2.06. The van der Waals surface area contributed by atoms with E-state index in [0.29, 0.717) is 5.76 Å². The van der Waals surface area contributed by atoms with Crippen molar-refractivity contribution < 1.29 is 14.3 Å². The molecule has 54 valence electrons. The summed E-state index contributed by atoms with van der Waals surface area (Å²) in [6.45, 7) is 1.78. The summed E-state index contributed by atoms with van der Waals surface area (Å²) in [4.78, 5) is 10.1. The minimum Gasteiger partial charge on any atom is -0.481 e. The number of hydrogen-bond acceptors (Lipinski definition) is 2. The van der Waals surface area contributed by atoms with Gasteiger partial charge in [-0.2, -0.15) is 0 Å². The molecule has 1 heterocycles. The van der Waals surface area contributed by atoms with E-state index >= 15 is 0 Å². The van der Waals surface area contributed by atoms with Crippen molar-refractivity contribution in [2.45, 2.75) is 13.3 Å². The van der Waals surface area contributed by atoms with Crippen LogP contribution in [0.3, 0.4) is 0 Å². The van der Waals surface area contributed by atoms with Gasteiger partial charge in [0.2, 0.25) is 0 Å². The lowest BCUT2D eigenvalue weighted by Gasteiger charge is -1.87. The fourth-order valence-electron chi connectivity index (χ4n) is 0.729. The van der Waals surface area contributed by atoms with Crippen molar-refractivity contribution in [3.63, 3.8) is 0 Å². The van der Waals surface area contributed by atoms with Crippen molar-refractivity contribution in [2.75, 3.05) is 0 Å². The van der Waals surface area contributed by atoms with Crippen LogP contribution in [0, 0.1) is 6.92 Å². The molecular weight excluding hydrogens is 132 g/mol. The number of furan rings is 1. The largest absolute Gasteiger partial charge is 0.481 e. The minimum atomic E-state index is -0.866. The molecular formula is C7H8O3. The van der Waals surface area contributed by atoms with Crippen LogP contribution in [-0.2, 0) is 11.2 Å². The standard InChI is InChI=1S/C7H8O3/c1-5-2-3-6(10-5)4-7(8)9/h2-3H,4H2,1H3,(H,8,9). The first kappa shape index (κ1) is 6.86. The maximum Gasteiger partial charge on any atom is 0.311 e. The molecule has 0 aromatic carbocycles. The lowest BCUT2D eigenvalue weighted by molar-refractivity contribution is -0.136. The van der Waals surface area contributed by atoms with Gasteiger partial charge in [-0.15, -0.1) is 0 Å². The Kier molecular flexibility index (Phi) is 1.76. The Morgan fingerprint density at radius 2 is 2.40 bits per heavy atom. The molecule has 3 nitrogen and oxygen atoms in total. The molecule has 0 aliphatic heterocycles. The monoisotopic (exact) mass is 140 g/mol. The zero-order valence-electron chi connectivity index (χ0n) is 5.63. The number of carbonyl (C=O) groups is 1. The van der Waals surface area contributed by atoms with Crippen LogP contribution >= 0.6 is 0 Å². The van der Waals surface area contributed by atoms with Crippen LogP contribution in [0.15, 0.2) is 16.5 Å². The molecule has 0 atom stereocenters. The normalized spacial score (nSPS) is 9.70. The molecule has 1 aromatic rings. The molecule has 0 aliphatic rings. The molecule has 0 unspecified atom stereocenters. The predicted molar refractivity (Wildman–Crippen MR) is 34.8 cm³/mol. The molecule has 0 aliphatic carbocycles. The Hall–Kier alpha value is -1.25. The number of carboxylic acids is 1. The summed E-state index contributed by atoms with van der Waals surface area (Å²) in [6.07, 6.45) is -0.0339. The maximum absolute atomic E-state index is 10.1. The van der Waals surface area contributed by atoms with Crippen LogP contribution in [-0.4, -0.2) is 11.1 Å². The van der Waals surface area contributed by atoms with Crippen LogP contribution in [0.1, 0.15) is 11.5 Å². The average Bonchev–Trinajstić information content (AvgIpc) is 2.13. The van der Waals surface area contributed by atoms with Gasteiger partial charge in [0.25, 0.3) is 0 Å². The predicted octanol–water partition coefficient (Wildman–Crippen LogP) is 1.22. The van der Waals surface area contributed by atoms with E-state index in [-0.39, 0.29) is 6.42 Å². The second-order valence-electron chi connectivity index (χ2n) is 2.08. The van der Waals surface area contributed by atoms with Crippen molar-refractivity contribution in [2.24, 2.45) is 0 Å². The van der Waals surface area contributed by atoms with Crippen molar-refractivity contribution in [3.8, 4) is 0 Å². The molecule has 1 aromatic heterocycles. The highest BCUT2D eigenvalue weighted by atomic mass is 16.4. The third kappa shape index (κ3) is 1.62. The summed E-state index contributed by atoms with van der Waals surface area (Å²) in [7, 11) is 0. The van der Waals surface area contributed by atoms with Gasteiger partial charge < -0.3 is 9.52 Å². The van der Waals surface area contributed by atoms with E-state index < -0.39 is 5.97 Å². The van der Waals surface area contributed by atoms with Gasteiger partial charge >= 0.3 is 5.97 Å². The van der Waals surface area contributed by atoms with E-state index in [1.165, 1.54) is 0 Å². The summed E-state index contributed by atoms with van der Waals surface area (Å²) in [6, 6.07) is 3.42. The van der Waals surface area contributed by atoms with Gasteiger partial charge in [-0.05, 0) is 19.1 Å². The maximum atomic E-state index is 10.1. The molecule has 0 spiro atoms. The second kappa shape index (κ2) is 2.56. The Balaban J connectivity index is 2.67. The number of hydrogen-bond donors (Lipinski definition) is 1. The third-order valence-electron chi connectivity index (χ3n) is 1.12. The summed E-state index contributed by atoms with van der Waals surface area (Å²) >= 11 is 0. The molecule has 0 bridgehead atoms. The van der Waals surface area contributed by atoms with E-state index in [2.05, 4.69) is 0 Å². The van der Waals surface area contributed by atoms with Gasteiger partial charge in [-0.25, -0.2) is 0 Å². The van der Waals surface area contributed by atoms with Crippen molar-refractivity contribution >= 4 is 5.97 Å². The Labute approximate surface area is 58.3 Å². The topological polar surface area (TPSA) is 50.4 Å². The van der Waals surface area contributed by atoms with Gasteiger partial charge in [0, 0.05) is 0 Å². The number of aryl methyl sites for hydroxylation is 1. The van der Waals surface area contributed by atoms with Crippen molar-refractivity contribution in [1.29, 1.82) is 0 Å². The number of carboxylic acid groups (broad SMARTS) is 1. The first-order chi connectivity index (χ1) is 4.68. The highest BCUT2D eigenvalue weighted by molar-refractivity contribution is 5.69. The zero-order valence-corrected chi connectivity index (χ0v) is 5.63. The molecule has 10 heavy (non-hydrogen) atoms. The molecule has 3 heteroatoms. The molecule has 0 amide bonds. The fourth-order valence-corrected chi connectivity index (χ4v) is 0.729. The summed E-state index contributed by atoms with van der Waals surface area (Å²) < 4.78 is 5.01. The van der Waals surface area contributed by atoms with E-state index in [0.717, 1.165) is 5.76 Å². The zero-order chi connectivity index (χ0) is 7.56. The molecule has 1 rings (SSSR count). The van der Waals surface area contributed by atoms with E-state index in [9.17, 15) is 4.79 Å². The highest BCUT2D eigenvalue weighted by Gasteiger charge is 2.02. The SMILES string of the molecule is Cc1ccc(CC(=O)O)o1. The van der Waals surface area contributed by atoms with Gasteiger partial charge in [-0.1, -0.05) is 0 Å². The fraction of sp³-hybridized carbons (Fsp3) is 0.286. The van der Waals surface area contributed by atoms with Gasteiger partial charge in [0.05, 0.1) is 0 Å². The molecule has 0 saturated carbocycles. The third-order valence-corrected chi connectivity index (χ3v) is 1.12. The molecule has 1 N–H and O–H groups in total. The second-order valence-corrected chi connectivity index (χ2v) is 2.08. The van der Waals surface area contributed by atoms with Crippen LogP contribution in [0.2, 0.25) is 0 Å². The molecule has 0 fully saturated rings. The average molecular weight is 140 g/mol. The Morgan fingerprint density at radius 3 is 2.80 bits per heavy atom. The smallest absolute Gasteiger partial charge is 0.311 e. The van der Waals surface area contributed by atoms with E-state index in [1.54, 1.807) is 19.1 Å². The number of rotatable bonds is 2. The first-order valence-electron chi connectivity index (χ1n) is 2.95. The quantitative estimate of drug-likeness (QED) is 0.671. The van der Waals surface area contributed by atoms with Crippen LogP contribution in [0.5, 0.6) is 0 Å².